The van der Waals surface area contributed by atoms with Crippen LogP contribution in [0.3, 0.4) is 0 Å². The first-order chi connectivity index (χ1) is 8.79. The van der Waals surface area contributed by atoms with Crippen LogP contribution in [0.1, 0.15) is 30.2 Å². The van der Waals surface area contributed by atoms with Crippen molar-refractivity contribution in [1.29, 1.82) is 0 Å². The molecule has 0 saturated carbocycles. The molecule has 0 saturated heterocycles. The first-order valence-electron chi connectivity index (χ1n) is 6.26. The normalized spacial score (nSPS) is 12.6. The number of nitrogens with zero attached hydrogens (tertiary/aromatic N) is 1. The van der Waals surface area contributed by atoms with Crippen LogP contribution in [0.2, 0.25) is 5.02 Å². The molecule has 0 spiro atoms. The molecule has 2 aromatic rings. The summed E-state index contributed by atoms with van der Waals surface area (Å²) in [6.07, 6.45) is 1.99. The van der Waals surface area contributed by atoms with E-state index in [0.717, 1.165) is 48.0 Å². The number of aromatic nitrogens is 1. The molecule has 1 aromatic carbocycles. The van der Waals surface area contributed by atoms with Crippen LogP contribution in [0, 0.1) is 0 Å². The van der Waals surface area contributed by atoms with E-state index in [1.807, 2.05) is 18.2 Å². The fraction of sp³-hybridized carbons (Fsp3) is 0.357. The van der Waals surface area contributed by atoms with Crippen LogP contribution in [-0.4, -0.2) is 11.7 Å². The van der Waals surface area contributed by atoms with Crippen molar-refractivity contribution in [2.45, 2.75) is 26.3 Å². The van der Waals surface area contributed by atoms with E-state index in [-0.39, 0.29) is 0 Å². The van der Waals surface area contributed by atoms with Gasteiger partial charge in [0.15, 0.2) is 5.76 Å². The van der Waals surface area contributed by atoms with E-state index < -0.39 is 0 Å². The van der Waals surface area contributed by atoms with E-state index in [0.29, 0.717) is 0 Å². The molecule has 1 heterocycles. The Kier molecular flexibility index (Phi) is 3.10. The molecule has 0 unspecified atom stereocenters. The predicted octanol–water partition coefficient (Wildman–Crippen LogP) is 3.40. The second-order valence-corrected chi connectivity index (χ2v) is 5.03. The predicted molar refractivity (Wildman–Crippen MR) is 71.8 cm³/mol. The summed E-state index contributed by atoms with van der Waals surface area (Å²) in [5.41, 5.74) is 4.58. The fourth-order valence-corrected chi connectivity index (χ4v) is 2.57. The highest BCUT2D eigenvalue weighted by Gasteiger charge is 2.26. The molecule has 94 valence electrons. The minimum atomic E-state index is 0.772. The van der Waals surface area contributed by atoms with Gasteiger partial charge in [-0.3, -0.25) is 0 Å². The average Bonchev–Trinajstić information content (AvgIpc) is 2.88. The molecule has 0 fully saturated rings. The van der Waals surface area contributed by atoms with Gasteiger partial charge in [-0.1, -0.05) is 23.7 Å². The molecule has 1 aliphatic rings. The zero-order chi connectivity index (χ0) is 12.5. The Labute approximate surface area is 111 Å². The maximum atomic E-state index is 6.02. The lowest BCUT2D eigenvalue weighted by Gasteiger charge is -2.01. The standard InChI is InChI=1S/C14H15ClN2O/c1-2-5-16-8-13-12-7-9-6-10(15)3-4-11(9)14(12)18-17-13/h3-4,6,16H,2,5,7-8H2,1H3. The zero-order valence-electron chi connectivity index (χ0n) is 10.3. The second-order valence-electron chi connectivity index (χ2n) is 4.59. The third-order valence-electron chi connectivity index (χ3n) is 3.27. The maximum Gasteiger partial charge on any atom is 0.170 e. The number of hydrogen-bond acceptors (Lipinski definition) is 3. The number of hydrogen-bond donors (Lipinski definition) is 1. The molecule has 18 heavy (non-hydrogen) atoms. The third kappa shape index (κ3) is 1.93. The summed E-state index contributed by atoms with van der Waals surface area (Å²) >= 11 is 6.02. The molecule has 4 heteroatoms. The Morgan fingerprint density at radius 2 is 2.33 bits per heavy atom. The Hall–Kier alpha value is -1.32. The van der Waals surface area contributed by atoms with Gasteiger partial charge in [-0.25, -0.2) is 0 Å². The lowest BCUT2D eigenvalue weighted by molar-refractivity contribution is 0.420. The van der Waals surface area contributed by atoms with Crippen molar-refractivity contribution >= 4 is 11.6 Å². The summed E-state index contributed by atoms with van der Waals surface area (Å²) in [4.78, 5) is 0. The number of fused-ring (bicyclic) bond motifs is 3. The highest BCUT2D eigenvalue weighted by Crippen LogP contribution is 2.39. The highest BCUT2D eigenvalue weighted by atomic mass is 35.5. The highest BCUT2D eigenvalue weighted by molar-refractivity contribution is 6.30. The molecule has 0 amide bonds. The van der Waals surface area contributed by atoms with E-state index in [4.69, 9.17) is 16.1 Å². The zero-order valence-corrected chi connectivity index (χ0v) is 11.0. The van der Waals surface area contributed by atoms with Gasteiger partial charge in [0, 0.05) is 29.1 Å². The summed E-state index contributed by atoms with van der Waals surface area (Å²) in [5.74, 6) is 0.912. The van der Waals surface area contributed by atoms with Gasteiger partial charge in [-0.05, 0) is 36.7 Å². The number of rotatable bonds is 4. The Bertz CT molecular complexity index is 577. The molecule has 1 aliphatic carbocycles. The number of nitrogens with one attached hydrogen (secondary N) is 1. The van der Waals surface area contributed by atoms with Gasteiger partial charge in [0.05, 0.1) is 0 Å². The maximum absolute atomic E-state index is 6.02. The summed E-state index contributed by atoms with van der Waals surface area (Å²) in [6.45, 7) is 3.92. The van der Waals surface area contributed by atoms with Gasteiger partial charge in [0.2, 0.25) is 0 Å². The molecule has 3 rings (SSSR count). The van der Waals surface area contributed by atoms with Crippen LogP contribution < -0.4 is 5.32 Å². The Balaban J connectivity index is 1.88. The molecular formula is C14H15ClN2O. The Morgan fingerprint density at radius 1 is 1.44 bits per heavy atom. The molecular weight excluding hydrogens is 248 g/mol. The van der Waals surface area contributed by atoms with Crippen LogP contribution in [0.15, 0.2) is 22.7 Å². The monoisotopic (exact) mass is 262 g/mol. The molecule has 0 radical (unpaired) electrons. The van der Waals surface area contributed by atoms with E-state index in [2.05, 4.69) is 17.4 Å². The molecule has 1 N–H and O–H groups in total. The van der Waals surface area contributed by atoms with Crippen LogP contribution in [-0.2, 0) is 13.0 Å². The third-order valence-corrected chi connectivity index (χ3v) is 3.50. The average molecular weight is 263 g/mol. The molecule has 0 atom stereocenters. The van der Waals surface area contributed by atoms with Crippen molar-refractivity contribution in [1.82, 2.24) is 10.5 Å². The van der Waals surface area contributed by atoms with Crippen LogP contribution >= 0.6 is 11.6 Å². The molecule has 0 bridgehead atoms. The fourth-order valence-electron chi connectivity index (χ4n) is 2.38. The van der Waals surface area contributed by atoms with Crippen molar-refractivity contribution in [3.05, 3.63) is 40.0 Å². The quantitative estimate of drug-likeness (QED) is 0.733. The van der Waals surface area contributed by atoms with Gasteiger partial charge < -0.3 is 9.84 Å². The summed E-state index contributed by atoms with van der Waals surface area (Å²) in [7, 11) is 0. The SMILES string of the molecule is CCCNCc1noc2c1Cc1cc(Cl)ccc1-2. The first kappa shape index (κ1) is 11.8. The van der Waals surface area contributed by atoms with Crippen molar-refractivity contribution in [3.8, 4) is 11.3 Å². The van der Waals surface area contributed by atoms with Crippen molar-refractivity contribution in [3.63, 3.8) is 0 Å². The van der Waals surface area contributed by atoms with Gasteiger partial charge in [0.1, 0.15) is 5.69 Å². The van der Waals surface area contributed by atoms with Crippen LogP contribution in [0.25, 0.3) is 11.3 Å². The smallest absolute Gasteiger partial charge is 0.170 e. The topological polar surface area (TPSA) is 38.1 Å². The van der Waals surface area contributed by atoms with Crippen molar-refractivity contribution in [2.24, 2.45) is 0 Å². The minimum absolute atomic E-state index is 0.772. The van der Waals surface area contributed by atoms with Gasteiger partial charge in [-0.15, -0.1) is 0 Å². The Morgan fingerprint density at radius 3 is 3.17 bits per heavy atom. The second kappa shape index (κ2) is 4.75. The van der Waals surface area contributed by atoms with E-state index in [9.17, 15) is 0 Å². The largest absolute Gasteiger partial charge is 0.356 e. The lowest BCUT2D eigenvalue weighted by atomic mass is 10.1. The molecule has 1 aromatic heterocycles. The molecule has 3 nitrogen and oxygen atoms in total. The van der Waals surface area contributed by atoms with Crippen molar-refractivity contribution in [2.75, 3.05) is 6.54 Å². The summed E-state index contributed by atoms with van der Waals surface area (Å²) < 4.78 is 5.47. The summed E-state index contributed by atoms with van der Waals surface area (Å²) in [5, 5.41) is 8.29. The lowest BCUT2D eigenvalue weighted by Crippen LogP contribution is -2.14. The molecule has 0 aliphatic heterocycles. The van der Waals surface area contributed by atoms with Crippen LogP contribution in [0.4, 0.5) is 0 Å². The van der Waals surface area contributed by atoms with Gasteiger partial charge in [-0.2, -0.15) is 0 Å². The number of benzene rings is 1. The number of halogens is 1. The van der Waals surface area contributed by atoms with E-state index >= 15 is 0 Å². The van der Waals surface area contributed by atoms with E-state index in [1.165, 1.54) is 11.1 Å². The van der Waals surface area contributed by atoms with E-state index in [1.54, 1.807) is 0 Å². The van der Waals surface area contributed by atoms with Gasteiger partial charge in [0.25, 0.3) is 0 Å². The minimum Gasteiger partial charge on any atom is -0.356 e. The first-order valence-corrected chi connectivity index (χ1v) is 6.64. The summed E-state index contributed by atoms with van der Waals surface area (Å²) in [6, 6.07) is 5.92. The van der Waals surface area contributed by atoms with Crippen molar-refractivity contribution < 1.29 is 4.52 Å². The van der Waals surface area contributed by atoms with Gasteiger partial charge >= 0.3 is 0 Å². The van der Waals surface area contributed by atoms with Crippen LogP contribution in [0.5, 0.6) is 0 Å².